The van der Waals surface area contributed by atoms with Gasteiger partial charge in [-0.3, -0.25) is 9.13 Å². The third kappa shape index (κ3) is 15.2. The molecule has 0 spiro atoms. The molecule has 0 saturated carbocycles. The number of ether oxygens (including phenoxy) is 2. The minimum absolute atomic E-state index is 0.0900. The van der Waals surface area contributed by atoms with Gasteiger partial charge in [-0.25, -0.2) is 46.7 Å². The molecule has 2 aliphatic heterocycles. The lowest BCUT2D eigenvalue weighted by molar-refractivity contribution is -0.308. The molecule has 28 nitrogen and oxygen atoms in total. The Balaban J connectivity index is 0.000000233. The molecule has 0 aliphatic carbocycles. The third-order valence-electron chi connectivity index (χ3n) is 10.1. The molecule has 2 aliphatic rings. The van der Waals surface area contributed by atoms with Gasteiger partial charge < -0.3 is 81.7 Å². The van der Waals surface area contributed by atoms with E-state index in [0.717, 1.165) is 0 Å². The van der Waals surface area contributed by atoms with E-state index in [1.165, 1.54) is 34.4 Å². The maximum absolute atomic E-state index is 10.7. The number of unbranched alkanes of at least 4 members (excludes halogenated alkanes) is 1. The van der Waals surface area contributed by atoms with Gasteiger partial charge in [0.15, 0.2) is 35.4 Å². The maximum Gasteiger partial charge on any atom is 0.167 e. The quantitative estimate of drug-likeness (QED) is 0.0246. The van der Waals surface area contributed by atoms with Gasteiger partial charge in [-0.15, -0.1) is 0 Å². The lowest BCUT2D eigenvalue weighted by atomic mass is 10.1. The molecule has 0 bridgehead atoms. The number of carboxylic acids is 2. The van der Waals surface area contributed by atoms with Crippen molar-refractivity contribution >= 4 is 87.9 Å². The molecule has 0 aromatic carbocycles. The lowest BCUT2D eigenvalue weighted by Crippen LogP contribution is -2.43. The van der Waals surface area contributed by atoms with E-state index in [-0.39, 0.29) is 59.1 Å². The third-order valence-corrected chi connectivity index (χ3v) is 15.3. The highest BCUT2D eigenvalue weighted by Crippen LogP contribution is 2.34. The summed E-state index contributed by atoms with van der Waals surface area (Å²) in [6.07, 6.45) is 2.15. The first kappa shape index (κ1) is 54.4. The molecule has 32 heteroatoms. The smallest absolute Gasteiger partial charge is 0.167 e. The number of nitrogens with two attached hydrogens (primary N) is 4. The van der Waals surface area contributed by atoms with E-state index < -0.39 is 105 Å². The first-order chi connectivity index (χ1) is 30.8. The average Bonchev–Trinajstić information content (AvgIpc) is 4.00. The molecule has 6 heterocycles. The summed E-state index contributed by atoms with van der Waals surface area (Å²) in [6, 6.07) is -2.04. The van der Waals surface area contributed by atoms with Gasteiger partial charge in [-0.05, 0) is 34.6 Å². The van der Waals surface area contributed by atoms with Gasteiger partial charge in [0, 0.05) is 36.4 Å². The van der Waals surface area contributed by atoms with Crippen molar-refractivity contribution in [2.75, 3.05) is 58.5 Å². The maximum atomic E-state index is 10.7. The molecule has 370 valence electrons. The molecule has 0 amide bonds. The fourth-order valence-corrected chi connectivity index (χ4v) is 10.9. The number of nitrogens with zero attached hydrogens (tertiary/aromatic N) is 8. The zero-order chi connectivity index (χ0) is 49.3. The fraction of sp³-hybridized carbons (Fsp3) is 0.647. The van der Waals surface area contributed by atoms with E-state index in [0.29, 0.717) is 45.3 Å². The summed E-state index contributed by atoms with van der Waals surface area (Å²) in [5.74, 6) is -1.37. The van der Waals surface area contributed by atoms with E-state index in [1.54, 1.807) is 0 Å². The second-order valence-electron chi connectivity index (χ2n) is 15.2. The largest absolute Gasteiger partial charge is 0.748 e. The van der Waals surface area contributed by atoms with Crippen LogP contribution in [0.2, 0.25) is 0 Å². The monoisotopic (exact) mass is 1010 g/mol. The number of carbonyl (C=O) groups is 2. The number of rotatable bonds is 19. The van der Waals surface area contributed by atoms with Crippen molar-refractivity contribution in [1.82, 2.24) is 39.0 Å². The highest BCUT2D eigenvalue weighted by Gasteiger charge is 2.48. The summed E-state index contributed by atoms with van der Waals surface area (Å²) in [6.45, 7) is 0. The zero-order valence-corrected chi connectivity index (χ0v) is 38.6. The van der Waals surface area contributed by atoms with E-state index in [9.17, 15) is 66.2 Å². The van der Waals surface area contributed by atoms with E-state index in [1.807, 2.05) is 12.5 Å². The van der Waals surface area contributed by atoms with E-state index in [2.05, 4.69) is 29.9 Å². The number of hydrogen-bond donors (Lipinski definition) is 8. The number of carbonyl (C=O) groups excluding carboxylic acids is 2. The van der Waals surface area contributed by atoms with Crippen LogP contribution in [0.1, 0.15) is 38.1 Å². The van der Waals surface area contributed by atoms with Gasteiger partial charge in [0.25, 0.3) is 0 Å². The van der Waals surface area contributed by atoms with Crippen LogP contribution in [0, 0.1) is 0 Å². The Labute approximate surface area is 383 Å². The normalized spacial score (nSPS) is 25.1. The number of nitrogen functional groups attached to an aromatic ring is 2. The first-order valence-electron chi connectivity index (χ1n) is 19.7. The highest BCUT2D eigenvalue weighted by atomic mass is 32.2. The van der Waals surface area contributed by atoms with Crippen LogP contribution < -0.4 is 33.1 Å². The van der Waals surface area contributed by atoms with Gasteiger partial charge in [-0.1, -0.05) is 0 Å². The van der Waals surface area contributed by atoms with Crippen LogP contribution in [0.25, 0.3) is 22.3 Å². The van der Waals surface area contributed by atoms with Gasteiger partial charge >= 0.3 is 0 Å². The van der Waals surface area contributed by atoms with Crippen LogP contribution in [0.15, 0.2) is 25.3 Å². The number of aliphatic carboxylic acids is 2. The minimum Gasteiger partial charge on any atom is -0.748 e. The van der Waals surface area contributed by atoms with Crippen molar-refractivity contribution in [2.45, 2.75) is 86.8 Å². The molecule has 4 unspecified atom stereocenters. The SMILES string of the molecule is C[S+](CCC(N)C(=O)[O-])C[C@H]1O[C@@H](n2cnc3c(N)ncnc32)[C@H](O)[C@@H]1O.C[S+](CCC(N)C(=O)[O-])C[C@H]1O[C@@H](n2cnc3c(N)ncnc32)[C@H](O)[C@@H]1O.O=S(=O)([O-])CCCCS(=O)(=O)[O-]. The van der Waals surface area contributed by atoms with Gasteiger partial charge in [0.2, 0.25) is 0 Å². The Bertz CT molecular complexity index is 2300. The topological polar surface area (TPSA) is 485 Å². The predicted molar refractivity (Wildman–Crippen MR) is 231 cm³/mol. The Hall–Kier alpha value is -4.16. The fourth-order valence-electron chi connectivity index (χ4n) is 6.48. The molecule has 4 aromatic rings. The summed E-state index contributed by atoms with van der Waals surface area (Å²) in [4.78, 5) is 45.6. The Morgan fingerprint density at radius 1 is 0.667 bits per heavy atom. The Kier molecular flexibility index (Phi) is 19.6. The van der Waals surface area contributed by atoms with E-state index in [4.69, 9.17) is 32.4 Å². The van der Waals surface area contributed by atoms with Crippen LogP contribution in [0.3, 0.4) is 0 Å². The molecule has 0 radical (unpaired) electrons. The van der Waals surface area contributed by atoms with Crippen molar-refractivity contribution < 1.29 is 75.6 Å². The molecule has 2 fully saturated rings. The minimum atomic E-state index is -4.29. The van der Waals surface area contributed by atoms with Crippen LogP contribution in [-0.4, -0.2) is 193 Å². The van der Waals surface area contributed by atoms with Crippen LogP contribution in [0.4, 0.5) is 11.6 Å². The molecule has 4 aromatic heterocycles. The van der Waals surface area contributed by atoms with Crippen molar-refractivity contribution in [3.05, 3.63) is 25.3 Å². The number of anilines is 2. The number of fused-ring (bicyclic) bond motifs is 2. The summed E-state index contributed by atoms with van der Waals surface area (Å²) in [5, 5.41) is 63.0. The first-order valence-corrected chi connectivity index (χ1v) is 26.8. The summed E-state index contributed by atoms with van der Waals surface area (Å²) in [7, 11) is -9.10. The number of imidazole rings is 2. The summed E-state index contributed by atoms with van der Waals surface area (Å²) >= 11 is 0. The van der Waals surface area contributed by atoms with Crippen molar-refractivity contribution in [1.29, 1.82) is 0 Å². The Morgan fingerprint density at radius 2 is 1.02 bits per heavy atom. The standard InChI is InChI=1S/2C15H22N6O5S.C4H10O6S2/c2*1-27(3-2-7(16)15(24)25)4-8-10(22)11(23)14(26-8)21-6-20-9-12(17)18-5-19-13(9)21;5-11(6,7)3-1-2-4-12(8,9)10/h2*5-8,10-11,14,22-23H,2-4,16H2,1H3,(H2-,17,18,19,24,25);1-4H2,(H,5,6,7)(H,8,9,10)/p-2/t2*7?,8-,10-,11-,14-,27?;/m11./s1. The van der Waals surface area contributed by atoms with E-state index >= 15 is 0 Å². The number of carboxylic acid groups (broad SMARTS) is 2. The number of aliphatic hydroxyl groups excluding tert-OH is 4. The molecule has 66 heavy (non-hydrogen) atoms. The van der Waals surface area contributed by atoms with Crippen molar-refractivity contribution in [3.63, 3.8) is 0 Å². The average molecular weight is 1010 g/mol. The molecular weight excluding hydrogens is 961 g/mol. The predicted octanol–water partition coefficient (Wildman–Crippen LogP) is -7.66. The van der Waals surface area contributed by atoms with Crippen molar-refractivity contribution in [3.8, 4) is 0 Å². The van der Waals surface area contributed by atoms with Crippen LogP contribution in [0.5, 0.6) is 0 Å². The zero-order valence-electron chi connectivity index (χ0n) is 35.4. The molecule has 12 atom stereocenters. The molecule has 6 rings (SSSR count). The highest BCUT2D eigenvalue weighted by molar-refractivity contribution is 7.96. The number of aliphatic hydroxyl groups is 4. The summed E-state index contributed by atoms with van der Waals surface area (Å²) in [5.41, 5.74) is 24.0. The molecule has 12 N–H and O–H groups in total. The van der Waals surface area contributed by atoms with Gasteiger partial charge in [0.05, 0.1) is 57.3 Å². The van der Waals surface area contributed by atoms with Crippen LogP contribution >= 0.6 is 0 Å². The number of hydrogen-bond acceptors (Lipinski definition) is 26. The second-order valence-corrected chi connectivity index (χ2v) is 22.9. The van der Waals surface area contributed by atoms with Crippen LogP contribution in [-0.2, 0) is 61.1 Å². The Morgan fingerprint density at radius 3 is 1.33 bits per heavy atom. The van der Waals surface area contributed by atoms with Gasteiger partial charge in [-0.2, -0.15) is 0 Å². The van der Waals surface area contributed by atoms with Crippen molar-refractivity contribution in [2.24, 2.45) is 11.5 Å². The molecular formula is C34H52N12O16S4-2. The lowest BCUT2D eigenvalue weighted by Gasteiger charge is -2.16. The van der Waals surface area contributed by atoms with Gasteiger partial charge in [0.1, 0.15) is 83.3 Å². The second kappa shape index (κ2) is 23.7. The number of aromatic nitrogens is 8. The summed E-state index contributed by atoms with van der Waals surface area (Å²) < 4.78 is 74.6. The molecule has 2 saturated heterocycles.